The molecule has 35 heavy (non-hydrogen) atoms. The second-order valence-electron chi connectivity index (χ2n) is 7.75. The fourth-order valence-electron chi connectivity index (χ4n) is 3.46. The van der Waals surface area contributed by atoms with Crippen LogP contribution >= 0.6 is 0 Å². The van der Waals surface area contributed by atoms with Crippen molar-refractivity contribution in [2.75, 3.05) is 10.0 Å². The summed E-state index contributed by atoms with van der Waals surface area (Å²) < 4.78 is 34.3. The van der Waals surface area contributed by atoms with Gasteiger partial charge in [-0.3, -0.25) is 4.72 Å². The van der Waals surface area contributed by atoms with Crippen molar-refractivity contribution in [3.63, 3.8) is 0 Å². The van der Waals surface area contributed by atoms with Crippen molar-refractivity contribution in [3.05, 3.63) is 115 Å². The molecule has 0 aliphatic rings. The first-order valence-electron chi connectivity index (χ1n) is 11.0. The minimum Gasteiger partial charge on any atom is -0.489 e. The zero-order chi connectivity index (χ0) is 24.1. The molecule has 0 unspecified atom stereocenters. The first-order chi connectivity index (χ1) is 17.1. The van der Waals surface area contributed by atoms with E-state index in [1.807, 2.05) is 72.8 Å². The molecule has 4 aromatic carbocycles. The standard InChI is InChI=1S/C27H22N4O3S/c32-35(33,23-11-5-2-6-12-23)31-27-26(29-24-13-7-8-14-25(24)30-27)28-21-15-17-22(18-16-21)34-19-20-9-3-1-4-10-20/h1-18H,19H2,(H,28,29)(H,30,31). The molecule has 8 heteroatoms. The van der Waals surface area contributed by atoms with Crippen LogP contribution in [0.1, 0.15) is 5.56 Å². The van der Waals surface area contributed by atoms with Crippen molar-refractivity contribution in [2.45, 2.75) is 11.5 Å². The molecule has 0 saturated heterocycles. The average Bonchev–Trinajstić information content (AvgIpc) is 2.89. The van der Waals surface area contributed by atoms with E-state index in [1.54, 1.807) is 24.3 Å². The molecule has 0 aliphatic heterocycles. The Morgan fingerprint density at radius 2 is 1.23 bits per heavy atom. The predicted octanol–water partition coefficient (Wildman–Crippen LogP) is 5.75. The summed E-state index contributed by atoms with van der Waals surface area (Å²) in [5.74, 6) is 1.12. The SMILES string of the molecule is O=S(=O)(Nc1nc2ccccc2nc1Nc1ccc(OCc2ccccc2)cc1)c1ccccc1. The number of ether oxygens (including phenoxy) is 1. The molecule has 1 heterocycles. The number of hydrogen-bond acceptors (Lipinski definition) is 6. The van der Waals surface area contributed by atoms with Crippen molar-refractivity contribution < 1.29 is 13.2 Å². The summed E-state index contributed by atoms with van der Waals surface area (Å²) in [6.45, 7) is 0.467. The minimum absolute atomic E-state index is 0.108. The number of para-hydroxylation sites is 2. The van der Waals surface area contributed by atoms with Crippen molar-refractivity contribution in [3.8, 4) is 5.75 Å². The van der Waals surface area contributed by atoms with Crippen molar-refractivity contribution in [2.24, 2.45) is 0 Å². The fourth-order valence-corrected chi connectivity index (χ4v) is 4.49. The molecule has 0 atom stereocenters. The Morgan fingerprint density at radius 3 is 1.89 bits per heavy atom. The molecule has 1 aromatic heterocycles. The molecule has 0 saturated carbocycles. The summed E-state index contributed by atoms with van der Waals surface area (Å²) in [5, 5.41) is 3.18. The van der Waals surface area contributed by atoms with Gasteiger partial charge in [0, 0.05) is 5.69 Å². The fraction of sp³-hybridized carbons (Fsp3) is 0.0370. The Kier molecular flexibility index (Phi) is 6.28. The van der Waals surface area contributed by atoms with Crippen LogP contribution < -0.4 is 14.8 Å². The third kappa shape index (κ3) is 5.39. The van der Waals surface area contributed by atoms with E-state index in [0.717, 1.165) is 5.56 Å². The van der Waals surface area contributed by atoms with Gasteiger partial charge >= 0.3 is 0 Å². The molecule has 0 spiro atoms. The number of sulfonamides is 1. The average molecular weight is 483 g/mol. The molecule has 0 aliphatic carbocycles. The van der Waals surface area contributed by atoms with Crippen molar-refractivity contribution >= 4 is 38.4 Å². The van der Waals surface area contributed by atoms with E-state index >= 15 is 0 Å². The third-order valence-corrected chi connectivity index (χ3v) is 6.58. The highest BCUT2D eigenvalue weighted by atomic mass is 32.2. The predicted molar refractivity (Wildman–Crippen MR) is 137 cm³/mol. The number of aromatic nitrogens is 2. The van der Waals surface area contributed by atoms with Crippen LogP contribution in [0.3, 0.4) is 0 Å². The van der Waals surface area contributed by atoms with E-state index in [2.05, 4.69) is 20.0 Å². The van der Waals surface area contributed by atoms with Gasteiger partial charge in [-0.25, -0.2) is 18.4 Å². The van der Waals surface area contributed by atoms with Crippen LogP contribution in [0.4, 0.5) is 17.3 Å². The van der Waals surface area contributed by atoms with Crippen molar-refractivity contribution in [1.82, 2.24) is 9.97 Å². The van der Waals surface area contributed by atoms with E-state index in [4.69, 9.17) is 4.74 Å². The normalized spacial score (nSPS) is 11.2. The van der Waals surface area contributed by atoms with E-state index in [1.165, 1.54) is 12.1 Å². The zero-order valence-electron chi connectivity index (χ0n) is 18.6. The lowest BCUT2D eigenvalue weighted by atomic mass is 10.2. The molecule has 5 rings (SSSR count). The summed E-state index contributed by atoms with van der Waals surface area (Å²) >= 11 is 0. The number of fused-ring (bicyclic) bond motifs is 1. The van der Waals surface area contributed by atoms with Gasteiger partial charge in [0.15, 0.2) is 11.6 Å². The molecule has 2 N–H and O–H groups in total. The van der Waals surface area contributed by atoms with E-state index in [9.17, 15) is 8.42 Å². The maximum absolute atomic E-state index is 13.0. The summed E-state index contributed by atoms with van der Waals surface area (Å²) in [5.41, 5.74) is 3.01. The van der Waals surface area contributed by atoms with Crippen molar-refractivity contribution in [1.29, 1.82) is 0 Å². The molecular weight excluding hydrogens is 460 g/mol. The van der Waals surface area contributed by atoms with E-state index < -0.39 is 10.0 Å². The summed E-state index contributed by atoms with van der Waals surface area (Å²) in [6.07, 6.45) is 0. The van der Waals surface area contributed by atoms with Crippen LogP contribution in [0.5, 0.6) is 5.75 Å². The van der Waals surface area contributed by atoms with Gasteiger partial charge in [0.05, 0.1) is 15.9 Å². The number of anilines is 3. The molecular formula is C27H22N4O3S. The summed E-state index contributed by atoms with van der Waals surface area (Å²) in [6, 6.07) is 32.7. The summed E-state index contributed by atoms with van der Waals surface area (Å²) in [4.78, 5) is 9.28. The Labute approximate surface area is 203 Å². The Hall–Kier alpha value is -4.43. The maximum Gasteiger partial charge on any atom is 0.263 e. The molecule has 0 bridgehead atoms. The molecule has 7 nitrogen and oxygen atoms in total. The highest BCUT2D eigenvalue weighted by Gasteiger charge is 2.18. The van der Waals surface area contributed by atoms with Gasteiger partial charge in [-0.2, -0.15) is 0 Å². The summed E-state index contributed by atoms with van der Waals surface area (Å²) in [7, 11) is -3.85. The number of nitrogens with zero attached hydrogens (tertiary/aromatic N) is 2. The Bertz CT molecular complexity index is 1540. The van der Waals surface area contributed by atoms with Crippen LogP contribution in [0.15, 0.2) is 114 Å². The number of rotatable bonds is 8. The van der Waals surface area contributed by atoms with Crippen LogP contribution in [0.2, 0.25) is 0 Å². The Balaban J connectivity index is 1.40. The number of hydrogen-bond donors (Lipinski definition) is 2. The molecule has 0 amide bonds. The highest BCUT2D eigenvalue weighted by Crippen LogP contribution is 2.28. The monoisotopic (exact) mass is 482 g/mol. The van der Waals surface area contributed by atoms with Crippen LogP contribution in [0, 0.1) is 0 Å². The molecule has 0 radical (unpaired) electrons. The first kappa shape index (κ1) is 22.4. The number of benzene rings is 4. The third-order valence-electron chi connectivity index (χ3n) is 5.22. The Morgan fingerprint density at radius 1 is 0.657 bits per heavy atom. The molecule has 5 aromatic rings. The van der Waals surface area contributed by atoms with Gasteiger partial charge in [-0.1, -0.05) is 60.7 Å². The van der Waals surface area contributed by atoms with Crippen LogP contribution in [-0.2, 0) is 16.6 Å². The second kappa shape index (κ2) is 9.82. The minimum atomic E-state index is -3.85. The van der Waals surface area contributed by atoms with Gasteiger partial charge in [0.25, 0.3) is 10.0 Å². The first-order valence-corrected chi connectivity index (χ1v) is 12.4. The van der Waals surface area contributed by atoms with Gasteiger partial charge in [0.1, 0.15) is 12.4 Å². The molecule has 0 fully saturated rings. The van der Waals surface area contributed by atoms with Crippen LogP contribution in [0.25, 0.3) is 11.0 Å². The van der Waals surface area contributed by atoms with Gasteiger partial charge in [-0.15, -0.1) is 0 Å². The smallest absolute Gasteiger partial charge is 0.263 e. The second-order valence-corrected chi connectivity index (χ2v) is 9.43. The molecule has 174 valence electrons. The van der Waals surface area contributed by atoms with Gasteiger partial charge in [-0.05, 0) is 54.1 Å². The maximum atomic E-state index is 13.0. The van der Waals surface area contributed by atoms with Crippen LogP contribution in [-0.4, -0.2) is 18.4 Å². The lowest BCUT2D eigenvalue weighted by molar-refractivity contribution is 0.306. The lowest BCUT2D eigenvalue weighted by Crippen LogP contribution is -2.16. The lowest BCUT2D eigenvalue weighted by Gasteiger charge is -2.14. The topological polar surface area (TPSA) is 93.2 Å². The highest BCUT2D eigenvalue weighted by molar-refractivity contribution is 7.92. The zero-order valence-corrected chi connectivity index (χ0v) is 19.4. The van der Waals surface area contributed by atoms with Gasteiger partial charge < -0.3 is 10.1 Å². The van der Waals surface area contributed by atoms with E-state index in [0.29, 0.717) is 34.9 Å². The van der Waals surface area contributed by atoms with Gasteiger partial charge in [0.2, 0.25) is 0 Å². The largest absolute Gasteiger partial charge is 0.489 e. The quantitative estimate of drug-likeness (QED) is 0.292. The van der Waals surface area contributed by atoms with E-state index in [-0.39, 0.29) is 10.7 Å². The number of nitrogens with one attached hydrogen (secondary N) is 2.